The number of carbonyl (C=O) groups is 1. The summed E-state index contributed by atoms with van der Waals surface area (Å²) in [5.41, 5.74) is 3.26. The second-order valence-corrected chi connectivity index (χ2v) is 7.06. The van der Waals surface area contributed by atoms with Gasteiger partial charge in [0, 0.05) is 24.0 Å². The summed E-state index contributed by atoms with van der Waals surface area (Å²) in [5, 5.41) is 22.2. The van der Waals surface area contributed by atoms with Crippen LogP contribution in [-0.4, -0.2) is 39.7 Å². The zero-order valence-electron chi connectivity index (χ0n) is 15.9. The lowest BCUT2D eigenvalue weighted by atomic mass is 9.76. The largest absolute Gasteiger partial charge is 0.394 e. The summed E-state index contributed by atoms with van der Waals surface area (Å²) >= 11 is 0. The number of anilines is 1. The molecule has 2 N–H and O–H groups in total. The Bertz CT molecular complexity index is 1070. The zero-order valence-corrected chi connectivity index (χ0v) is 15.9. The van der Waals surface area contributed by atoms with E-state index >= 15 is 0 Å². The molecule has 0 radical (unpaired) electrons. The number of aliphatic hydroxyl groups is 1. The molecule has 3 aromatic rings. The number of nitriles is 1. The molecule has 1 aromatic heterocycles. The molecule has 0 unspecified atom stereocenters. The Hall–Kier alpha value is -3.76. The van der Waals surface area contributed by atoms with Gasteiger partial charge in [0.2, 0.25) is 0 Å². The topological polar surface area (TPSA) is 89.2 Å². The molecule has 150 valence electrons. The van der Waals surface area contributed by atoms with Crippen LogP contribution in [-0.2, 0) is 0 Å². The van der Waals surface area contributed by atoms with E-state index in [4.69, 9.17) is 0 Å². The van der Waals surface area contributed by atoms with Crippen molar-refractivity contribution in [3.63, 3.8) is 0 Å². The third-order valence-electron chi connectivity index (χ3n) is 5.35. The van der Waals surface area contributed by atoms with Crippen molar-refractivity contribution in [2.75, 3.05) is 11.9 Å². The SMILES string of the molecule is N#C[C@@H]1[C@@H](c2ccc(-c3cccnc3)cc2)[C@@H](CO)N1C(=O)Nc1ccc(F)cc1. The molecule has 0 aliphatic carbocycles. The van der Waals surface area contributed by atoms with Crippen LogP contribution < -0.4 is 5.32 Å². The Morgan fingerprint density at radius 1 is 1.13 bits per heavy atom. The van der Waals surface area contributed by atoms with Crippen LogP contribution in [0.25, 0.3) is 11.1 Å². The van der Waals surface area contributed by atoms with E-state index in [1.807, 2.05) is 36.4 Å². The molecule has 0 bridgehead atoms. The first kappa shape index (κ1) is 19.6. The number of aromatic nitrogens is 1. The number of hydrogen-bond acceptors (Lipinski definition) is 4. The molecule has 1 aliphatic rings. The summed E-state index contributed by atoms with van der Waals surface area (Å²) in [7, 11) is 0. The van der Waals surface area contributed by atoms with Crippen LogP contribution in [0.5, 0.6) is 0 Å². The van der Waals surface area contributed by atoms with Crippen LogP contribution >= 0.6 is 0 Å². The van der Waals surface area contributed by atoms with E-state index in [2.05, 4.69) is 16.4 Å². The van der Waals surface area contributed by atoms with Crippen molar-refractivity contribution in [3.05, 3.63) is 84.4 Å². The summed E-state index contributed by atoms with van der Waals surface area (Å²) in [4.78, 5) is 18.1. The Balaban J connectivity index is 1.52. The van der Waals surface area contributed by atoms with E-state index in [9.17, 15) is 19.6 Å². The van der Waals surface area contributed by atoms with Gasteiger partial charge in [-0.3, -0.25) is 4.98 Å². The van der Waals surface area contributed by atoms with E-state index in [-0.39, 0.29) is 12.5 Å². The van der Waals surface area contributed by atoms with E-state index in [1.54, 1.807) is 12.4 Å². The summed E-state index contributed by atoms with van der Waals surface area (Å²) < 4.78 is 13.1. The van der Waals surface area contributed by atoms with Gasteiger partial charge in [-0.15, -0.1) is 0 Å². The highest BCUT2D eigenvalue weighted by Gasteiger charge is 2.51. The molecule has 1 aliphatic heterocycles. The van der Waals surface area contributed by atoms with Gasteiger partial charge in [0.25, 0.3) is 0 Å². The lowest BCUT2D eigenvalue weighted by molar-refractivity contribution is 0.0224. The molecule has 1 saturated heterocycles. The number of urea groups is 1. The predicted octanol–water partition coefficient (Wildman–Crippen LogP) is 3.77. The fourth-order valence-corrected chi connectivity index (χ4v) is 3.84. The van der Waals surface area contributed by atoms with Gasteiger partial charge < -0.3 is 15.3 Å². The van der Waals surface area contributed by atoms with Gasteiger partial charge in [0.15, 0.2) is 0 Å². The molecule has 2 aromatic carbocycles. The Kier molecular flexibility index (Phi) is 5.42. The number of hydrogen-bond donors (Lipinski definition) is 2. The van der Waals surface area contributed by atoms with Crippen molar-refractivity contribution < 1.29 is 14.3 Å². The van der Waals surface area contributed by atoms with Gasteiger partial charge in [-0.2, -0.15) is 5.26 Å². The highest BCUT2D eigenvalue weighted by atomic mass is 19.1. The monoisotopic (exact) mass is 402 g/mol. The maximum absolute atomic E-state index is 13.1. The number of benzene rings is 2. The number of rotatable bonds is 4. The molecule has 2 heterocycles. The summed E-state index contributed by atoms with van der Waals surface area (Å²) in [6, 6.07) is 17.3. The van der Waals surface area contributed by atoms with Crippen LogP contribution in [0.4, 0.5) is 14.9 Å². The quantitative estimate of drug-likeness (QED) is 0.695. The van der Waals surface area contributed by atoms with Gasteiger partial charge in [-0.1, -0.05) is 30.3 Å². The molecule has 4 rings (SSSR count). The van der Waals surface area contributed by atoms with Crippen molar-refractivity contribution in [2.24, 2.45) is 0 Å². The number of nitrogens with zero attached hydrogens (tertiary/aromatic N) is 3. The highest BCUT2D eigenvalue weighted by molar-refractivity contribution is 5.91. The van der Waals surface area contributed by atoms with Crippen molar-refractivity contribution in [1.82, 2.24) is 9.88 Å². The number of carbonyl (C=O) groups excluding carboxylic acids is 1. The van der Waals surface area contributed by atoms with E-state index in [1.165, 1.54) is 29.2 Å². The molecule has 3 atom stereocenters. The number of amides is 2. The number of aliphatic hydroxyl groups excluding tert-OH is 1. The van der Waals surface area contributed by atoms with E-state index < -0.39 is 23.9 Å². The zero-order chi connectivity index (χ0) is 21.1. The minimum absolute atomic E-state index is 0.274. The van der Waals surface area contributed by atoms with Crippen molar-refractivity contribution in [1.29, 1.82) is 5.26 Å². The lowest BCUT2D eigenvalue weighted by Gasteiger charge is -2.51. The molecule has 1 fully saturated rings. The Morgan fingerprint density at radius 2 is 1.87 bits per heavy atom. The second-order valence-electron chi connectivity index (χ2n) is 7.06. The fourth-order valence-electron chi connectivity index (χ4n) is 3.84. The summed E-state index contributed by atoms with van der Waals surface area (Å²) in [6.07, 6.45) is 3.48. The average Bonchev–Trinajstić information content (AvgIpc) is 2.76. The van der Waals surface area contributed by atoms with Crippen LogP contribution in [0.15, 0.2) is 73.1 Å². The summed E-state index contributed by atoms with van der Waals surface area (Å²) in [6.45, 7) is -0.274. The molecule has 30 heavy (non-hydrogen) atoms. The van der Waals surface area contributed by atoms with Crippen molar-refractivity contribution in [3.8, 4) is 17.2 Å². The fraction of sp³-hybridized carbons (Fsp3) is 0.174. The first-order valence-corrected chi connectivity index (χ1v) is 9.48. The predicted molar refractivity (Wildman–Crippen MR) is 110 cm³/mol. The second kappa shape index (κ2) is 8.31. The number of likely N-dealkylation sites (tertiary alicyclic amines) is 1. The van der Waals surface area contributed by atoms with E-state index in [0.717, 1.165) is 16.7 Å². The maximum atomic E-state index is 13.1. The van der Waals surface area contributed by atoms with Crippen LogP contribution in [0.3, 0.4) is 0 Å². The van der Waals surface area contributed by atoms with Crippen molar-refractivity contribution in [2.45, 2.75) is 18.0 Å². The molecular formula is C23H19FN4O2. The molecule has 0 spiro atoms. The first-order valence-electron chi connectivity index (χ1n) is 9.48. The smallest absolute Gasteiger partial charge is 0.323 e. The minimum Gasteiger partial charge on any atom is -0.394 e. The van der Waals surface area contributed by atoms with Gasteiger partial charge >= 0.3 is 6.03 Å². The molecular weight excluding hydrogens is 383 g/mol. The number of pyridine rings is 1. The first-order chi connectivity index (χ1) is 14.6. The van der Waals surface area contributed by atoms with Gasteiger partial charge in [-0.25, -0.2) is 9.18 Å². The average molecular weight is 402 g/mol. The lowest BCUT2D eigenvalue weighted by Crippen LogP contribution is -2.66. The normalized spacial score (nSPS) is 20.2. The third-order valence-corrected chi connectivity index (χ3v) is 5.35. The maximum Gasteiger partial charge on any atom is 0.323 e. The Morgan fingerprint density at radius 3 is 2.47 bits per heavy atom. The standard InChI is InChI=1S/C23H19FN4O2/c24-18-7-9-19(10-8-18)27-23(30)28-20(12-25)22(21(28)14-29)16-5-3-15(4-6-16)17-2-1-11-26-13-17/h1-11,13,20-22,29H,14H2,(H,27,30)/t20-,21-,22-/m1/s1. The van der Waals surface area contributed by atoms with Gasteiger partial charge in [0.1, 0.15) is 11.9 Å². The van der Waals surface area contributed by atoms with Crippen LogP contribution in [0.1, 0.15) is 11.5 Å². The van der Waals surface area contributed by atoms with Gasteiger partial charge in [-0.05, 0) is 47.0 Å². The molecule has 7 heteroatoms. The molecule has 2 amide bonds. The van der Waals surface area contributed by atoms with Crippen LogP contribution in [0, 0.1) is 17.1 Å². The van der Waals surface area contributed by atoms with Crippen molar-refractivity contribution >= 4 is 11.7 Å². The minimum atomic E-state index is -0.716. The number of halogens is 1. The van der Waals surface area contributed by atoms with Gasteiger partial charge in [0.05, 0.1) is 18.7 Å². The van der Waals surface area contributed by atoms with Crippen LogP contribution in [0.2, 0.25) is 0 Å². The molecule has 6 nitrogen and oxygen atoms in total. The molecule has 0 saturated carbocycles. The highest BCUT2D eigenvalue weighted by Crippen LogP contribution is 2.41. The Labute approximate surface area is 173 Å². The number of nitrogens with one attached hydrogen (secondary N) is 1. The summed E-state index contributed by atoms with van der Waals surface area (Å²) in [5.74, 6) is -0.711. The third kappa shape index (κ3) is 3.61. The van der Waals surface area contributed by atoms with E-state index in [0.29, 0.717) is 5.69 Å².